The maximum Gasteiger partial charge on any atom is 0.264 e. The van der Waals surface area contributed by atoms with Crippen LogP contribution in [0.2, 0.25) is 10.0 Å². The Kier molecular flexibility index (Phi) is 5.43. The second-order valence-electron chi connectivity index (χ2n) is 6.99. The predicted molar refractivity (Wildman–Crippen MR) is 119 cm³/mol. The average molecular weight is 428 g/mol. The van der Waals surface area contributed by atoms with Gasteiger partial charge in [-0.15, -0.1) is 0 Å². The Labute approximate surface area is 177 Å². The number of nitrogens with zero attached hydrogens (tertiary/aromatic N) is 3. The smallest absolute Gasteiger partial charge is 0.264 e. The van der Waals surface area contributed by atoms with Crippen LogP contribution in [0, 0.1) is 0 Å². The van der Waals surface area contributed by atoms with Crippen molar-refractivity contribution in [3.63, 3.8) is 0 Å². The van der Waals surface area contributed by atoms with Gasteiger partial charge < -0.3 is 4.57 Å². The minimum absolute atomic E-state index is 0.131. The second-order valence-corrected chi connectivity index (χ2v) is 7.87. The molecule has 0 unspecified atom stereocenters. The van der Waals surface area contributed by atoms with Crippen LogP contribution in [-0.4, -0.2) is 14.1 Å². The second kappa shape index (κ2) is 8.01. The van der Waals surface area contributed by atoms with Crippen LogP contribution in [0.25, 0.3) is 27.5 Å². The Balaban J connectivity index is 1.90. The lowest BCUT2D eigenvalue weighted by Gasteiger charge is -2.10. The van der Waals surface area contributed by atoms with Crippen LogP contribution >= 0.6 is 23.2 Å². The summed E-state index contributed by atoms with van der Waals surface area (Å²) in [5, 5.41) is 1.69. The third-order valence-corrected chi connectivity index (χ3v) is 5.38. The fraction of sp³-hybridized carbons (Fsp3) is 0.227. The molecule has 0 amide bonds. The molecule has 0 saturated carbocycles. The van der Waals surface area contributed by atoms with E-state index in [1.165, 1.54) is 4.57 Å². The highest BCUT2D eigenvalue weighted by molar-refractivity contribution is 6.34. The highest BCUT2D eigenvalue weighted by atomic mass is 35.5. The zero-order valence-electron chi connectivity index (χ0n) is 15.9. The summed E-state index contributed by atoms with van der Waals surface area (Å²) in [6, 6.07) is 10.1. The summed E-state index contributed by atoms with van der Waals surface area (Å²) < 4.78 is 3.14. The van der Waals surface area contributed by atoms with Gasteiger partial charge in [-0.3, -0.25) is 14.2 Å². The summed E-state index contributed by atoms with van der Waals surface area (Å²) in [5.74, 6) is 0. The van der Waals surface area contributed by atoms with Gasteiger partial charge in [0.2, 0.25) is 0 Å². The topological polar surface area (TPSA) is 56.9 Å². The van der Waals surface area contributed by atoms with Crippen molar-refractivity contribution in [1.29, 1.82) is 0 Å². The molecule has 3 heterocycles. The monoisotopic (exact) mass is 427 g/mol. The van der Waals surface area contributed by atoms with E-state index in [0.717, 1.165) is 19.3 Å². The van der Waals surface area contributed by atoms with Crippen LogP contribution in [0.3, 0.4) is 0 Å². The molecule has 0 saturated heterocycles. The Morgan fingerprint density at radius 3 is 2.21 bits per heavy atom. The van der Waals surface area contributed by atoms with Crippen LogP contribution in [-0.2, 0) is 6.54 Å². The van der Waals surface area contributed by atoms with Gasteiger partial charge in [0.05, 0.1) is 27.5 Å². The molecule has 1 aromatic carbocycles. The largest absolute Gasteiger partial charge is 0.315 e. The first-order valence-electron chi connectivity index (χ1n) is 9.50. The van der Waals surface area contributed by atoms with Crippen molar-refractivity contribution in [2.45, 2.75) is 32.7 Å². The first-order valence-corrected chi connectivity index (χ1v) is 10.3. The Morgan fingerprint density at radius 1 is 0.862 bits per heavy atom. The molecule has 7 heteroatoms. The molecule has 0 radical (unpaired) electrons. The SMILES string of the molecule is CCCCCn1ccc2nc3ccn(-c4cc(Cl)cc(Cl)c4)c(=O)c3cc2c1=O. The predicted octanol–water partition coefficient (Wildman–Crippen LogP) is 5.20. The molecular formula is C22H19Cl2N3O2. The zero-order valence-corrected chi connectivity index (χ0v) is 17.4. The zero-order chi connectivity index (χ0) is 20.5. The number of aromatic nitrogens is 3. The number of aryl methyl sites for hydroxylation is 1. The normalized spacial score (nSPS) is 11.4. The molecule has 0 aliphatic heterocycles. The van der Waals surface area contributed by atoms with Gasteiger partial charge >= 0.3 is 0 Å². The summed E-state index contributed by atoms with van der Waals surface area (Å²) in [7, 11) is 0. The number of pyridine rings is 3. The van der Waals surface area contributed by atoms with E-state index in [1.807, 2.05) is 6.07 Å². The van der Waals surface area contributed by atoms with Crippen molar-refractivity contribution in [2.24, 2.45) is 0 Å². The van der Waals surface area contributed by atoms with Crippen LogP contribution in [0.5, 0.6) is 0 Å². The molecule has 0 N–H and O–H groups in total. The summed E-state index contributed by atoms with van der Waals surface area (Å²) in [4.78, 5) is 30.6. The van der Waals surface area contributed by atoms with Crippen molar-refractivity contribution < 1.29 is 0 Å². The maximum absolute atomic E-state index is 13.1. The number of rotatable bonds is 5. The Bertz CT molecular complexity index is 1320. The van der Waals surface area contributed by atoms with Crippen LogP contribution in [0.15, 0.2) is 58.4 Å². The minimum Gasteiger partial charge on any atom is -0.315 e. The van der Waals surface area contributed by atoms with E-state index < -0.39 is 0 Å². The van der Waals surface area contributed by atoms with Crippen LogP contribution < -0.4 is 11.1 Å². The van der Waals surface area contributed by atoms with E-state index in [0.29, 0.717) is 44.1 Å². The number of benzene rings is 1. The highest BCUT2D eigenvalue weighted by Gasteiger charge is 2.11. The Hall–Kier alpha value is -2.63. The summed E-state index contributed by atoms with van der Waals surface area (Å²) in [5.41, 5.74) is 1.26. The van der Waals surface area contributed by atoms with Crippen molar-refractivity contribution in [2.75, 3.05) is 0 Å². The number of halogens is 2. The van der Waals surface area contributed by atoms with Crippen molar-refractivity contribution in [1.82, 2.24) is 14.1 Å². The first kappa shape index (κ1) is 19.7. The van der Waals surface area contributed by atoms with E-state index in [9.17, 15) is 9.59 Å². The molecule has 4 rings (SSSR count). The van der Waals surface area contributed by atoms with Crippen molar-refractivity contribution >= 4 is 45.0 Å². The standard InChI is InChI=1S/C22H19Cl2N3O2/c1-2-3-4-7-26-8-5-19-17(21(26)28)13-18-20(25-19)6-9-27(22(18)29)16-11-14(23)10-15(24)12-16/h5-6,8-13H,2-4,7H2,1H3. The number of fused-ring (bicyclic) bond motifs is 2. The molecule has 29 heavy (non-hydrogen) atoms. The highest BCUT2D eigenvalue weighted by Crippen LogP contribution is 2.22. The summed E-state index contributed by atoms with van der Waals surface area (Å²) in [6.45, 7) is 2.78. The van der Waals surface area contributed by atoms with Crippen LogP contribution in [0.1, 0.15) is 26.2 Å². The molecule has 0 fully saturated rings. The molecule has 0 spiro atoms. The molecule has 3 aromatic heterocycles. The third-order valence-electron chi connectivity index (χ3n) is 4.94. The average Bonchev–Trinajstić information content (AvgIpc) is 2.68. The lowest BCUT2D eigenvalue weighted by atomic mass is 10.1. The molecule has 0 aliphatic carbocycles. The van der Waals surface area contributed by atoms with E-state index >= 15 is 0 Å². The first-order chi connectivity index (χ1) is 14.0. The molecular weight excluding hydrogens is 409 g/mol. The van der Waals surface area contributed by atoms with Gasteiger partial charge in [0, 0.05) is 29.0 Å². The lowest BCUT2D eigenvalue weighted by molar-refractivity contribution is 0.590. The maximum atomic E-state index is 13.1. The quantitative estimate of drug-likeness (QED) is 0.324. The van der Waals surface area contributed by atoms with Gasteiger partial charge in [-0.1, -0.05) is 43.0 Å². The van der Waals surface area contributed by atoms with Crippen LogP contribution in [0.4, 0.5) is 0 Å². The number of hydrogen-bond donors (Lipinski definition) is 0. The van der Waals surface area contributed by atoms with Crippen molar-refractivity contribution in [3.8, 4) is 5.69 Å². The molecule has 4 aromatic rings. The molecule has 5 nitrogen and oxygen atoms in total. The van der Waals surface area contributed by atoms with Crippen molar-refractivity contribution in [3.05, 3.63) is 79.5 Å². The molecule has 0 aliphatic rings. The fourth-order valence-electron chi connectivity index (χ4n) is 3.45. The van der Waals surface area contributed by atoms with E-state index in [-0.39, 0.29) is 11.1 Å². The minimum atomic E-state index is -0.281. The molecule has 0 atom stereocenters. The summed E-state index contributed by atoms with van der Waals surface area (Å²) >= 11 is 12.2. The van der Waals surface area contributed by atoms with Gasteiger partial charge in [-0.2, -0.15) is 0 Å². The van der Waals surface area contributed by atoms with Gasteiger partial charge in [0.25, 0.3) is 11.1 Å². The fourth-order valence-corrected chi connectivity index (χ4v) is 3.97. The van der Waals surface area contributed by atoms with E-state index in [1.54, 1.807) is 47.3 Å². The van der Waals surface area contributed by atoms with E-state index in [4.69, 9.17) is 23.2 Å². The molecule has 0 bridgehead atoms. The number of hydrogen-bond acceptors (Lipinski definition) is 3. The van der Waals surface area contributed by atoms with Gasteiger partial charge in [0.15, 0.2) is 0 Å². The molecule has 148 valence electrons. The third kappa shape index (κ3) is 3.80. The Morgan fingerprint density at radius 2 is 1.52 bits per heavy atom. The van der Waals surface area contributed by atoms with E-state index in [2.05, 4.69) is 11.9 Å². The summed E-state index contributed by atoms with van der Waals surface area (Å²) in [6.07, 6.45) is 6.49. The van der Waals surface area contributed by atoms with Gasteiger partial charge in [-0.05, 0) is 42.8 Å². The van der Waals surface area contributed by atoms with Gasteiger partial charge in [-0.25, -0.2) is 4.98 Å². The number of unbranched alkanes of at least 4 members (excludes halogenated alkanes) is 2. The van der Waals surface area contributed by atoms with Gasteiger partial charge in [0.1, 0.15) is 0 Å². The lowest BCUT2D eigenvalue weighted by Crippen LogP contribution is -2.21.